The molecule has 0 heterocycles. The smallest absolute Gasteiger partial charge is 0.275 e. The molecule has 1 N–H and O–H groups in total. The lowest BCUT2D eigenvalue weighted by Gasteiger charge is -2.09. The van der Waals surface area contributed by atoms with Gasteiger partial charge in [0.2, 0.25) is 0 Å². The van der Waals surface area contributed by atoms with Crippen LogP contribution in [0.1, 0.15) is 10.8 Å². The summed E-state index contributed by atoms with van der Waals surface area (Å²) in [7, 11) is -4.31. The summed E-state index contributed by atoms with van der Waals surface area (Å²) in [4.78, 5) is 0. The fourth-order valence-electron chi connectivity index (χ4n) is 1.12. The van der Waals surface area contributed by atoms with Gasteiger partial charge in [0.05, 0.1) is 0 Å². The van der Waals surface area contributed by atoms with Gasteiger partial charge in [-0.25, -0.2) is 0 Å². The maximum Gasteiger partial charge on any atom is 0.275 e. The van der Waals surface area contributed by atoms with E-state index in [0.717, 1.165) is 6.08 Å². The molecular formula is C9H9O4S. The molecule has 0 amide bonds. The van der Waals surface area contributed by atoms with Crippen molar-refractivity contribution in [1.29, 1.82) is 0 Å². The van der Waals surface area contributed by atoms with Gasteiger partial charge in [-0.05, 0) is 6.07 Å². The summed E-state index contributed by atoms with van der Waals surface area (Å²) in [6, 6.07) is 5.61. The summed E-state index contributed by atoms with van der Waals surface area (Å²) in [5, 5.41) is 9.89. The van der Waals surface area contributed by atoms with Crippen molar-refractivity contribution in [3.63, 3.8) is 0 Å². The second-order valence-corrected chi connectivity index (χ2v) is 4.25. The standard InChI is InChI=1S/C9H9O4S/c1-2-9(14(11,12)13)7-5-3-4-6-8(7)10/h2-6,9H,1H2,(H,11,12,13). The minimum absolute atomic E-state index is 0.00463. The van der Waals surface area contributed by atoms with Crippen LogP contribution in [0.5, 0.6) is 5.75 Å². The summed E-state index contributed by atoms with van der Waals surface area (Å²) in [5.41, 5.74) is 0.00463. The van der Waals surface area contributed by atoms with E-state index >= 15 is 0 Å². The molecule has 0 bridgehead atoms. The highest BCUT2D eigenvalue weighted by Gasteiger charge is 2.24. The first-order valence-electron chi connectivity index (χ1n) is 3.81. The second-order valence-electron chi connectivity index (χ2n) is 2.71. The Morgan fingerprint density at radius 1 is 1.36 bits per heavy atom. The highest BCUT2D eigenvalue weighted by molar-refractivity contribution is 7.86. The Morgan fingerprint density at radius 3 is 2.36 bits per heavy atom. The van der Waals surface area contributed by atoms with Crippen molar-refractivity contribution in [2.75, 3.05) is 0 Å². The van der Waals surface area contributed by atoms with E-state index in [1.165, 1.54) is 24.3 Å². The molecule has 0 saturated carbocycles. The normalized spacial score (nSPS) is 13.5. The van der Waals surface area contributed by atoms with Gasteiger partial charge >= 0.3 is 0 Å². The number of hydrogen-bond acceptors (Lipinski definition) is 2. The van der Waals surface area contributed by atoms with Crippen molar-refractivity contribution in [2.45, 2.75) is 5.25 Å². The zero-order chi connectivity index (χ0) is 10.8. The van der Waals surface area contributed by atoms with Crippen LogP contribution in [0.2, 0.25) is 0 Å². The first kappa shape index (κ1) is 10.7. The molecule has 1 rings (SSSR count). The van der Waals surface area contributed by atoms with Gasteiger partial charge in [-0.15, -0.1) is 6.58 Å². The van der Waals surface area contributed by atoms with E-state index < -0.39 is 21.1 Å². The zero-order valence-electron chi connectivity index (χ0n) is 7.25. The van der Waals surface area contributed by atoms with E-state index in [2.05, 4.69) is 6.58 Å². The van der Waals surface area contributed by atoms with Crippen molar-refractivity contribution < 1.29 is 18.1 Å². The van der Waals surface area contributed by atoms with Crippen LogP contribution in [0.3, 0.4) is 0 Å². The molecular weight excluding hydrogens is 204 g/mol. The van der Waals surface area contributed by atoms with Crippen LogP contribution in [-0.4, -0.2) is 13.0 Å². The van der Waals surface area contributed by atoms with Crippen LogP contribution in [0.15, 0.2) is 36.9 Å². The van der Waals surface area contributed by atoms with Crippen LogP contribution in [0, 0.1) is 0 Å². The van der Waals surface area contributed by atoms with E-state index in [1.807, 2.05) is 0 Å². The van der Waals surface area contributed by atoms with Crippen LogP contribution in [0.25, 0.3) is 0 Å². The fraction of sp³-hybridized carbons (Fsp3) is 0.111. The third-order valence-corrected chi connectivity index (χ3v) is 2.85. The van der Waals surface area contributed by atoms with Gasteiger partial charge in [-0.2, -0.15) is 8.42 Å². The van der Waals surface area contributed by atoms with E-state index in [0.29, 0.717) is 0 Å². The Hall–Kier alpha value is -1.33. The number of benzene rings is 1. The van der Waals surface area contributed by atoms with Crippen molar-refractivity contribution in [1.82, 2.24) is 0 Å². The summed E-state index contributed by atoms with van der Waals surface area (Å²) >= 11 is 0. The van der Waals surface area contributed by atoms with Crippen molar-refractivity contribution in [3.05, 3.63) is 42.5 Å². The average Bonchev–Trinajstić information content (AvgIpc) is 2.07. The lowest BCUT2D eigenvalue weighted by atomic mass is 10.1. The molecule has 1 atom stereocenters. The van der Waals surface area contributed by atoms with Gasteiger partial charge in [0.15, 0.2) is 5.75 Å². The summed E-state index contributed by atoms with van der Waals surface area (Å²) in [6.07, 6.45) is 1.02. The van der Waals surface area contributed by atoms with Crippen LogP contribution in [-0.2, 0) is 15.2 Å². The van der Waals surface area contributed by atoms with Gasteiger partial charge in [-0.3, -0.25) is 9.66 Å². The topological polar surface area (TPSA) is 74.3 Å². The molecule has 4 nitrogen and oxygen atoms in total. The minimum Gasteiger partial charge on any atom is -0.290 e. The molecule has 0 saturated heterocycles. The molecule has 0 aromatic heterocycles. The predicted octanol–water partition coefficient (Wildman–Crippen LogP) is 1.95. The van der Waals surface area contributed by atoms with E-state index in [9.17, 15) is 13.5 Å². The van der Waals surface area contributed by atoms with Gasteiger partial charge in [-0.1, -0.05) is 24.3 Å². The Bertz CT molecular complexity index is 436. The Kier molecular flexibility index (Phi) is 2.93. The molecule has 5 heteroatoms. The van der Waals surface area contributed by atoms with Crippen LogP contribution in [0.4, 0.5) is 0 Å². The molecule has 0 fully saturated rings. The third-order valence-electron chi connectivity index (χ3n) is 1.76. The lowest BCUT2D eigenvalue weighted by molar-refractivity contribution is 0.349. The molecule has 0 aliphatic heterocycles. The van der Waals surface area contributed by atoms with E-state index in [1.54, 1.807) is 0 Å². The zero-order valence-corrected chi connectivity index (χ0v) is 8.07. The van der Waals surface area contributed by atoms with Crippen LogP contribution < -0.4 is 0 Å². The maximum absolute atomic E-state index is 11.2. The molecule has 1 aromatic carbocycles. The van der Waals surface area contributed by atoms with Gasteiger partial charge in [0, 0.05) is 5.56 Å². The molecule has 1 unspecified atom stereocenters. The molecule has 75 valence electrons. The third kappa shape index (κ3) is 2.12. The Balaban J connectivity index is 3.28. The number of rotatable bonds is 3. The first-order chi connectivity index (χ1) is 6.46. The highest BCUT2D eigenvalue weighted by Crippen LogP contribution is 2.30. The van der Waals surface area contributed by atoms with E-state index in [-0.39, 0.29) is 5.56 Å². The van der Waals surface area contributed by atoms with Gasteiger partial charge in [0.1, 0.15) is 5.25 Å². The minimum atomic E-state index is -4.31. The summed E-state index contributed by atoms with van der Waals surface area (Å²) in [5.74, 6) is -0.435. The average molecular weight is 213 g/mol. The first-order valence-corrected chi connectivity index (χ1v) is 5.32. The summed E-state index contributed by atoms with van der Waals surface area (Å²) in [6.45, 7) is 3.27. The highest BCUT2D eigenvalue weighted by atomic mass is 32.2. The number of hydrogen-bond donors (Lipinski definition) is 1. The molecule has 1 aromatic rings. The monoisotopic (exact) mass is 213 g/mol. The maximum atomic E-state index is 11.2. The molecule has 1 radical (unpaired) electrons. The lowest BCUT2D eigenvalue weighted by Crippen LogP contribution is -2.09. The SMILES string of the molecule is C=CC(c1ccccc1[O])S(=O)(=O)O. The molecule has 14 heavy (non-hydrogen) atoms. The Morgan fingerprint density at radius 2 is 1.93 bits per heavy atom. The largest absolute Gasteiger partial charge is 0.290 e. The molecule has 0 aliphatic carbocycles. The van der Waals surface area contributed by atoms with Crippen LogP contribution >= 0.6 is 0 Å². The second kappa shape index (κ2) is 3.81. The quantitative estimate of drug-likeness (QED) is 0.616. The van der Waals surface area contributed by atoms with E-state index in [4.69, 9.17) is 4.55 Å². The Labute approximate surface area is 82.3 Å². The summed E-state index contributed by atoms with van der Waals surface area (Å²) < 4.78 is 30.5. The predicted molar refractivity (Wildman–Crippen MR) is 51.1 cm³/mol. The van der Waals surface area contributed by atoms with Crippen molar-refractivity contribution in [3.8, 4) is 5.75 Å². The van der Waals surface area contributed by atoms with Gasteiger partial charge < -0.3 is 0 Å². The van der Waals surface area contributed by atoms with Gasteiger partial charge in [0.25, 0.3) is 10.1 Å². The van der Waals surface area contributed by atoms with Crippen molar-refractivity contribution in [2.24, 2.45) is 0 Å². The fourth-order valence-corrected chi connectivity index (χ4v) is 1.88. The molecule has 0 aliphatic rings. The number of para-hydroxylation sites is 1. The molecule has 0 spiro atoms. The van der Waals surface area contributed by atoms with Crippen molar-refractivity contribution >= 4 is 10.1 Å².